The highest BCUT2D eigenvalue weighted by atomic mass is 35.5. The Morgan fingerprint density at radius 3 is 2.62 bits per heavy atom. The lowest BCUT2D eigenvalue weighted by Gasteiger charge is -2.23. The third-order valence-corrected chi connectivity index (χ3v) is 5.49. The first-order valence-corrected chi connectivity index (χ1v) is 8.34. The van der Waals surface area contributed by atoms with Gasteiger partial charge in [0.2, 0.25) is 5.91 Å². The number of rotatable bonds is 1. The molecule has 1 atom stereocenters. The van der Waals surface area contributed by atoms with Crippen LogP contribution in [0.25, 0.3) is 0 Å². The van der Waals surface area contributed by atoms with Gasteiger partial charge < -0.3 is 9.80 Å². The number of para-hydroxylation sites is 1. The summed E-state index contributed by atoms with van der Waals surface area (Å²) < 4.78 is 0. The molecular formula is C19H17ClN2O2. The van der Waals surface area contributed by atoms with Gasteiger partial charge in [-0.3, -0.25) is 9.59 Å². The van der Waals surface area contributed by atoms with E-state index in [0.29, 0.717) is 30.1 Å². The highest BCUT2D eigenvalue weighted by Gasteiger charge is 2.54. The number of hydrogen-bond donors (Lipinski definition) is 0. The van der Waals surface area contributed by atoms with Crippen LogP contribution in [0, 0.1) is 0 Å². The molecule has 4 rings (SSSR count). The summed E-state index contributed by atoms with van der Waals surface area (Å²) in [5, 5.41) is 0.443. The molecule has 2 aromatic rings. The summed E-state index contributed by atoms with van der Waals surface area (Å²) in [7, 11) is 1.80. The van der Waals surface area contributed by atoms with E-state index in [1.807, 2.05) is 24.3 Å². The van der Waals surface area contributed by atoms with Crippen LogP contribution >= 0.6 is 11.6 Å². The van der Waals surface area contributed by atoms with Gasteiger partial charge >= 0.3 is 0 Å². The van der Waals surface area contributed by atoms with Gasteiger partial charge in [-0.15, -0.1) is 0 Å². The average molecular weight is 341 g/mol. The van der Waals surface area contributed by atoms with Crippen molar-refractivity contribution in [2.45, 2.75) is 11.8 Å². The molecule has 0 aromatic heterocycles. The monoisotopic (exact) mass is 340 g/mol. The average Bonchev–Trinajstić information content (AvgIpc) is 3.14. The van der Waals surface area contributed by atoms with Crippen LogP contribution < -0.4 is 4.90 Å². The van der Waals surface area contributed by atoms with Crippen LogP contribution in [0.15, 0.2) is 48.5 Å². The molecule has 0 aliphatic carbocycles. The fraction of sp³-hybridized carbons (Fsp3) is 0.263. The second-order valence-corrected chi connectivity index (χ2v) is 6.83. The minimum absolute atomic E-state index is 0.0677. The number of carbonyl (C=O) groups excluding carboxylic acids is 2. The Balaban J connectivity index is 1.69. The highest BCUT2D eigenvalue weighted by Crippen LogP contribution is 2.46. The van der Waals surface area contributed by atoms with E-state index in [-0.39, 0.29) is 11.8 Å². The van der Waals surface area contributed by atoms with Crippen molar-refractivity contribution in [1.82, 2.24) is 4.90 Å². The molecule has 5 heteroatoms. The van der Waals surface area contributed by atoms with Gasteiger partial charge in [-0.2, -0.15) is 0 Å². The zero-order valence-electron chi connectivity index (χ0n) is 13.3. The molecule has 2 aliphatic heterocycles. The Labute approximate surface area is 145 Å². The van der Waals surface area contributed by atoms with Crippen molar-refractivity contribution < 1.29 is 9.59 Å². The molecule has 2 amide bonds. The van der Waals surface area contributed by atoms with Gasteiger partial charge in [-0.25, -0.2) is 0 Å². The Morgan fingerprint density at radius 1 is 1.12 bits per heavy atom. The molecule has 2 heterocycles. The molecular weight excluding hydrogens is 324 g/mol. The molecule has 1 spiro atoms. The minimum atomic E-state index is -0.623. The molecule has 0 radical (unpaired) electrons. The van der Waals surface area contributed by atoms with Crippen LogP contribution in [0.2, 0.25) is 5.02 Å². The zero-order chi connectivity index (χ0) is 16.9. The summed E-state index contributed by atoms with van der Waals surface area (Å²) in [5.74, 6) is -0.0459. The normalized spacial score (nSPS) is 22.3. The zero-order valence-corrected chi connectivity index (χ0v) is 14.1. The molecule has 0 saturated carbocycles. The van der Waals surface area contributed by atoms with Crippen molar-refractivity contribution in [2.75, 3.05) is 25.0 Å². The molecule has 122 valence electrons. The predicted octanol–water partition coefficient (Wildman–Crippen LogP) is 3.10. The van der Waals surface area contributed by atoms with E-state index in [2.05, 4.69) is 0 Å². The highest BCUT2D eigenvalue weighted by molar-refractivity contribution is 6.33. The van der Waals surface area contributed by atoms with Gasteiger partial charge in [-0.05, 0) is 30.2 Å². The molecule has 0 bridgehead atoms. The molecule has 2 aliphatic rings. The second kappa shape index (κ2) is 5.35. The summed E-state index contributed by atoms with van der Waals surface area (Å²) in [6, 6.07) is 14.9. The van der Waals surface area contributed by atoms with Crippen LogP contribution in [0.5, 0.6) is 0 Å². The van der Waals surface area contributed by atoms with E-state index in [0.717, 1.165) is 11.3 Å². The Bertz CT molecular complexity index is 851. The van der Waals surface area contributed by atoms with Gasteiger partial charge in [0.1, 0.15) is 0 Å². The van der Waals surface area contributed by atoms with Crippen molar-refractivity contribution in [1.29, 1.82) is 0 Å². The standard InChI is InChI=1S/C19H17ClN2O2/c1-21-16-9-5-3-7-14(16)19(18(21)24)10-11-22(12-19)17(23)13-6-2-4-8-15(13)20/h2-9H,10-12H2,1H3/t19-/m0/s1. The summed E-state index contributed by atoms with van der Waals surface area (Å²) in [6.07, 6.45) is 0.642. The van der Waals surface area contributed by atoms with Gasteiger partial charge in [-0.1, -0.05) is 41.9 Å². The molecule has 0 N–H and O–H groups in total. The fourth-order valence-electron chi connectivity index (χ4n) is 3.90. The quantitative estimate of drug-likeness (QED) is 0.800. The Morgan fingerprint density at radius 2 is 1.83 bits per heavy atom. The Hall–Kier alpha value is -2.33. The van der Waals surface area contributed by atoms with Crippen molar-refractivity contribution in [3.63, 3.8) is 0 Å². The van der Waals surface area contributed by atoms with Crippen LogP contribution in [0.1, 0.15) is 22.3 Å². The topological polar surface area (TPSA) is 40.6 Å². The first kappa shape index (κ1) is 15.2. The summed E-state index contributed by atoms with van der Waals surface area (Å²) in [6.45, 7) is 0.954. The van der Waals surface area contributed by atoms with Crippen LogP contribution in [0.4, 0.5) is 5.69 Å². The second-order valence-electron chi connectivity index (χ2n) is 6.42. The number of anilines is 1. The SMILES string of the molecule is CN1C(=O)[C@]2(CCN(C(=O)c3ccccc3Cl)C2)c2ccccc21. The van der Waals surface area contributed by atoms with Crippen LogP contribution in [-0.2, 0) is 10.2 Å². The molecule has 0 unspecified atom stereocenters. The summed E-state index contributed by atoms with van der Waals surface area (Å²) in [4.78, 5) is 29.2. The lowest BCUT2D eigenvalue weighted by molar-refractivity contribution is -0.122. The van der Waals surface area contributed by atoms with Gasteiger partial charge in [0.05, 0.1) is 16.0 Å². The molecule has 24 heavy (non-hydrogen) atoms. The summed E-state index contributed by atoms with van der Waals surface area (Å²) >= 11 is 6.16. The van der Waals surface area contributed by atoms with E-state index in [9.17, 15) is 9.59 Å². The number of amides is 2. The van der Waals surface area contributed by atoms with E-state index in [4.69, 9.17) is 11.6 Å². The van der Waals surface area contributed by atoms with E-state index >= 15 is 0 Å². The van der Waals surface area contributed by atoms with Gasteiger partial charge in [0.25, 0.3) is 5.91 Å². The largest absolute Gasteiger partial charge is 0.337 e. The van der Waals surface area contributed by atoms with Crippen molar-refractivity contribution in [3.05, 3.63) is 64.7 Å². The Kier molecular flexibility index (Phi) is 3.39. The number of halogens is 1. The fourth-order valence-corrected chi connectivity index (χ4v) is 4.12. The maximum Gasteiger partial charge on any atom is 0.255 e. The molecule has 4 nitrogen and oxygen atoms in total. The third-order valence-electron chi connectivity index (χ3n) is 5.16. The van der Waals surface area contributed by atoms with E-state index in [1.165, 1.54) is 0 Å². The third kappa shape index (κ3) is 1.99. The molecule has 1 saturated heterocycles. The van der Waals surface area contributed by atoms with Crippen molar-refractivity contribution >= 4 is 29.1 Å². The lowest BCUT2D eigenvalue weighted by Crippen LogP contribution is -2.42. The van der Waals surface area contributed by atoms with Gasteiger partial charge in [0, 0.05) is 25.8 Å². The summed E-state index contributed by atoms with van der Waals surface area (Å²) in [5.41, 5.74) is 1.83. The molecule has 1 fully saturated rings. The number of hydrogen-bond acceptors (Lipinski definition) is 2. The number of nitrogens with zero attached hydrogens (tertiary/aromatic N) is 2. The van der Waals surface area contributed by atoms with Crippen molar-refractivity contribution in [3.8, 4) is 0 Å². The molecule has 2 aromatic carbocycles. The number of benzene rings is 2. The van der Waals surface area contributed by atoms with Crippen molar-refractivity contribution in [2.24, 2.45) is 0 Å². The van der Waals surface area contributed by atoms with E-state index < -0.39 is 5.41 Å². The first-order chi connectivity index (χ1) is 11.5. The number of carbonyl (C=O) groups is 2. The van der Waals surface area contributed by atoms with Crippen LogP contribution in [0.3, 0.4) is 0 Å². The minimum Gasteiger partial charge on any atom is -0.337 e. The smallest absolute Gasteiger partial charge is 0.255 e. The number of fused-ring (bicyclic) bond motifs is 2. The maximum atomic E-state index is 12.9. The maximum absolute atomic E-state index is 12.9. The number of likely N-dealkylation sites (tertiary alicyclic amines) is 1. The van der Waals surface area contributed by atoms with Crippen LogP contribution in [-0.4, -0.2) is 36.9 Å². The lowest BCUT2D eigenvalue weighted by atomic mass is 9.81. The first-order valence-electron chi connectivity index (χ1n) is 7.96. The number of likely N-dealkylation sites (N-methyl/N-ethyl adjacent to an activating group) is 1. The van der Waals surface area contributed by atoms with E-state index in [1.54, 1.807) is 41.1 Å². The predicted molar refractivity (Wildman–Crippen MR) is 93.5 cm³/mol. The van der Waals surface area contributed by atoms with Gasteiger partial charge in [0.15, 0.2) is 0 Å².